The first-order chi connectivity index (χ1) is 30.8. The highest BCUT2D eigenvalue weighted by molar-refractivity contribution is 7.33. The van der Waals surface area contributed by atoms with Gasteiger partial charge in [-0.25, -0.2) is 0 Å². The van der Waals surface area contributed by atoms with Crippen LogP contribution in [0.15, 0.2) is 109 Å². The van der Waals surface area contributed by atoms with Gasteiger partial charge in [-0.1, -0.05) is 158 Å². The Morgan fingerprint density at radius 3 is 1.67 bits per heavy atom. The molecular weight excluding hydrogens is 816 g/mol. The summed E-state index contributed by atoms with van der Waals surface area (Å²) in [5.74, 6) is 0.455. The van der Waals surface area contributed by atoms with E-state index in [1.54, 1.807) is 0 Å². The number of hydrogen-bond donors (Lipinski definition) is 0. The van der Waals surface area contributed by atoms with E-state index in [9.17, 15) is 0 Å². The number of rotatable bonds is 4. The van der Waals surface area contributed by atoms with Gasteiger partial charge < -0.3 is 9.80 Å². The number of nitrogens with zero attached hydrogens (tertiary/aromatic N) is 2. The lowest BCUT2D eigenvalue weighted by Gasteiger charge is -2.44. The Labute approximate surface area is 401 Å². The summed E-state index contributed by atoms with van der Waals surface area (Å²) in [4.78, 5) is 5.31. The molecule has 0 saturated heterocycles. The van der Waals surface area contributed by atoms with Crippen molar-refractivity contribution < 1.29 is 0 Å². The Bertz CT molecular complexity index is 3070. The largest absolute Gasteiger partial charge is 0.311 e. The van der Waals surface area contributed by atoms with E-state index in [0.29, 0.717) is 5.92 Å². The van der Waals surface area contributed by atoms with Crippen LogP contribution in [0.3, 0.4) is 0 Å². The monoisotopic (exact) mass is 887 g/mol. The smallest absolute Gasteiger partial charge is 0.264 e. The van der Waals surface area contributed by atoms with Gasteiger partial charge in [0.05, 0.1) is 11.4 Å². The molecule has 3 heterocycles. The predicted molar refractivity (Wildman–Crippen MR) is 291 cm³/mol. The van der Waals surface area contributed by atoms with Crippen molar-refractivity contribution in [1.29, 1.82) is 0 Å². The topological polar surface area (TPSA) is 6.48 Å². The van der Waals surface area contributed by atoms with Crippen molar-refractivity contribution in [2.24, 2.45) is 0 Å². The standard InChI is InChI=1S/C62H71BN2S/c1-37(2)39-19-25-44(26-20-39)64-52-31-38(3)32-53-55(52)63(57-56(64)46-35-47-48(36-54(46)66-57)62(15,16)30-29-61(47,13)14)49-34-43(60(10,11)12)24-28-51(49)65(53)50-27-23-42(59(7,8)9)33-45(50)40-17-21-41(22-18-40)58(4,5)6/h17-28,31-37H,29-30H2,1-16H3. The fourth-order valence-corrected chi connectivity index (χ4v) is 12.6. The fourth-order valence-electron chi connectivity index (χ4n) is 11.3. The first kappa shape index (κ1) is 44.8. The summed E-state index contributed by atoms with van der Waals surface area (Å²) in [6.45, 7) is 37.9. The minimum Gasteiger partial charge on any atom is -0.311 e. The Balaban J connectivity index is 1.32. The number of fused-ring (bicyclic) bond motifs is 7. The summed E-state index contributed by atoms with van der Waals surface area (Å²) < 4.78 is 2.84. The normalized spacial score (nSPS) is 16.3. The van der Waals surface area contributed by atoms with Crippen LogP contribution in [-0.4, -0.2) is 6.71 Å². The molecule has 338 valence electrons. The van der Waals surface area contributed by atoms with Gasteiger partial charge >= 0.3 is 0 Å². The van der Waals surface area contributed by atoms with Crippen molar-refractivity contribution >= 4 is 78.0 Å². The summed E-state index contributed by atoms with van der Waals surface area (Å²) >= 11 is 2.04. The van der Waals surface area contributed by atoms with Gasteiger partial charge in [-0.05, 0) is 163 Å². The van der Waals surface area contributed by atoms with Crippen LogP contribution in [0.1, 0.15) is 162 Å². The maximum absolute atomic E-state index is 2.67. The second-order valence-corrected chi connectivity index (χ2v) is 26.0. The van der Waals surface area contributed by atoms with Crippen LogP contribution in [0.5, 0.6) is 0 Å². The van der Waals surface area contributed by atoms with E-state index in [1.807, 2.05) is 11.3 Å². The summed E-state index contributed by atoms with van der Waals surface area (Å²) in [7, 11) is 0. The molecule has 7 aromatic rings. The maximum Gasteiger partial charge on any atom is 0.264 e. The SMILES string of the molecule is Cc1cc2c3c(c1)N(c1ccc(C(C)C)cc1)c1c(sc4cc5c(cc14)C(C)(C)CCC5(C)C)B3c1cc(C(C)(C)C)ccc1N2c1ccc(C(C)(C)C)cc1-c1ccc(C(C)(C)C)cc1. The molecular formula is C62H71BN2S. The van der Waals surface area contributed by atoms with Crippen molar-refractivity contribution in [3.63, 3.8) is 0 Å². The molecule has 0 spiro atoms. The van der Waals surface area contributed by atoms with E-state index in [4.69, 9.17) is 0 Å². The van der Waals surface area contributed by atoms with Gasteiger partial charge in [0.25, 0.3) is 6.71 Å². The van der Waals surface area contributed by atoms with Crippen LogP contribution in [-0.2, 0) is 27.1 Å². The van der Waals surface area contributed by atoms with Crippen molar-refractivity contribution in [1.82, 2.24) is 0 Å². The molecule has 0 saturated carbocycles. The molecule has 1 aromatic heterocycles. The molecule has 0 atom stereocenters. The zero-order chi connectivity index (χ0) is 47.2. The number of anilines is 6. The molecule has 1 aliphatic carbocycles. The molecule has 0 fully saturated rings. The Morgan fingerprint density at radius 2 is 1.09 bits per heavy atom. The van der Waals surface area contributed by atoms with Crippen molar-refractivity contribution in [2.75, 3.05) is 9.80 Å². The van der Waals surface area contributed by atoms with Crippen molar-refractivity contribution in [3.8, 4) is 11.1 Å². The minimum absolute atomic E-state index is 0.0134. The molecule has 2 aliphatic heterocycles. The molecule has 0 unspecified atom stereocenters. The summed E-state index contributed by atoms with van der Waals surface area (Å²) in [5, 5.41) is 1.39. The average molecular weight is 887 g/mol. The summed E-state index contributed by atoms with van der Waals surface area (Å²) in [5.41, 5.74) is 22.9. The zero-order valence-electron chi connectivity index (χ0n) is 42.8. The molecule has 2 nitrogen and oxygen atoms in total. The van der Waals surface area contributed by atoms with Gasteiger partial charge in [-0.3, -0.25) is 0 Å². The molecule has 6 aromatic carbocycles. The Morgan fingerprint density at radius 1 is 0.561 bits per heavy atom. The fraction of sp³-hybridized carbons (Fsp3) is 0.387. The minimum atomic E-state index is -0.0252. The highest BCUT2D eigenvalue weighted by atomic mass is 32.1. The first-order valence-corrected chi connectivity index (χ1v) is 25.5. The van der Waals surface area contributed by atoms with Crippen molar-refractivity contribution in [3.05, 3.63) is 148 Å². The quantitative estimate of drug-likeness (QED) is 0.163. The third-order valence-corrected chi connectivity index (χ3v) is 16.8. The molecule has 4 heteroatoms. The van der Waals surface area contributed by atoms with E-state index in [-0.39, 0.29) is 33.8 Å². The highest BCUT2D eigenvalue weighted by Crippen LogP contribution is 2.53. The lowest BCUT2D eigenvalue weighted by molar-refractivity contribution is 0.332. The second kappa shape index (κ2) is 15.0. The van der Waals surface area contributed by atoms with E-state index < -0.39 is 0 Å². The van der Waals surface area contributed by atoms with E-state index in [2.05, 4.69) is 230 Å². The summed E-state index contributed by atoms with van der Waals surface area (Å²) in [6, 6.07) is 43.9. The van der Waals surface area contributed by atoms with Crippen LogP contribution in [0, 0.1) is 6.92 Å². The van der Waals surface area contributed by atoms with Gasteiger partial charge in [0, 0.05) is 43.2 Å². The molecule has 3 aliphatic rings. The number of aryl methyl sites for hydroxylation is 1. The number of benzene rings is 6. The van der Waals surface area contributed by atoms with Crippen LogP contribution in [0.25, 0.3) is 21.2 Å². The Kier molecular flexibility index (Phi) is 10.2. The molecule has 66 heavy (non-hydrogen) atoms. The summed E-state index contributed by atoms with van der Waals surface area (Å²) in [6.07, 6.45) is 2.39. The van der Waals surface area contributed by atoms with E-state index >= 15 is 0 Å². The van der Waals surface area contributed by atoms with E-state index in [0.717, 1.165) is 0 Å². The van der Waals surface area contributed by atoms with Crippen LogP contribution >= 0.6 is 11.3 Å². The first-order valence-electron chi connectivity index (χ1n) is 24.7. The second-order valence-electron chi connectivity index (χ2n) is 24.9. The van der Waals surface area contributed by atoms with Gasteiger partial charge in [0.15, 0.2) is 0 Å². The predicted octanol–water partition coefficient (Wildman–Crippen LogP) is 16.3. The molecule has 10 rings (SSSR count). The van der Waals surface area contributed by atoms with Crippen molar-refractivity contribution in [2.45, 2.75) is 157 Å². The lowest BCUT2D eigenvalue weighted by Crippen LogP contribution is -2.60. The maximum atomic E-state index is 2.67. The highest BCUT2D eigenvalue weighted by Gasteiger charge is 2.47. The van der Waals surface area contributed by atoms with E-state index in [1.165, 1.54) is 123 Å². The molecule has 0 bridgehead atoms. The third-order valence-electron chi connectivity index (χ3n) is 15.6. The molecule has 0 radical (unpaired) electrons. The van der Waals surface area contributed by atoms with Crippen LogP contribution < -0.4 is 25.5 Å². The number of hydrogen-bond acceptors (Lipinski definition) is 3. The average Bonchev–Trinajstić information content (AvgIpc) is 3.62. The third kappa shape index (κ3) is 7.19. The van der Waals surface area contributed by atoms with Crippen LogP contribution in [0.4, 0.5) is 34.1 Å². The zero-order valence-corrected chi connectivity index (χ0v) is 43.6. The van der Waals surface area contributed by atoms with Crippen LogP contribution in [0.2, 0.25) is 0 Å². The molecule has 0 amide bonds. The Hall–Kier alpha value is -5.06. The molecule has 0 N–H and O–H groups in total. The number of thiophene rings is 1. The van der Waals surface area contributed by atoms with Gasteiger partial charge in [-0.15, -0.1) is 11.3 Å². The van der Waals surface area contributed by atoms with Gasteiger partial charge in [0.2, 0.25) is 0 Å². The van der Waals surface area contributed by atoms with Gasteiger partial charge in [0.1, 0.15) is 0 Å². The lowest BCUT2D eigenvalue weighted by atomic mass is 9.36. The van der Waals surface area contributed by atoms with Gasteiger partial charge in [-0.2, -0.15) is 0 Å².